The fourth-order valence-corrected chi connectivity index (χ4v) is 2.48. The van der Waals surface area contributed by atoms with Gasteiger partial charge < -0.3 is 14.4 Å². The third-order valence-corrected chi connectivity index (χ3v) is 3.80. The number of hydrogen-bond donors (Lipinski definition) is 0. The first-order chi connectivity index (χ1) is 7.63. The van der Waals surface area contributed by atoms with Crippen LogP contribution in [0.15, 0.2) is 0 Å². The SMILES string of the molecule is CO[C@@H]1CCN(CC2(COC(C)C)CC2)C1. The summed E-state index contributed by atoms with van der Waals surface area (Å²) in [6, 6.07) is 0. The smallest absolute Gasteiger partial charge is 0.0710 e. The second-order valence-corrected chi connectivity index (χ2v) is 5.74. The minimum Gasteiger partial charge on any atom is -0.380 e. The van der Waals surface area contributed by atoms with Crippen LogP contribution in [0.4, 0.5) is 0 Å². The standard InChI is InChI=1S/C13H25NO2/c1-11(2)16-10-13(5-6-13)9-14-7-4-12(8-14)15-3/h11-12H,4-10H2,1-3H3/t12-/m1/s1. The Morgan fingerprint density at radius 1 is 1.38 bits per heavy atom. The first-order valence-corrected chi connectivity index (χ1v) is 6.50. The number of nitrogens with zero attached hydrogens (tertiary/aromatic N) is 1. The van der Waals surface area contributed by atoms with Crippen LogP contribution in [0, 0.1) is 5.41 Å². The number of methoxy groups -OCH3 is 1. The van der Waals surface area contributed by atoms with Crippen LogP contribution in [-0.4, -0.2) is 50.5 Å². The van der Waals surface area contributed by atoms with Gasteiger partial charge in [0.25, 0.3) is 0 Å². The van der Waals surface area contributed by atoms with Gasteiger partial charge >= 0.3 is 0 Å². The first-order valence-electron chi connectivity index (χ1n) is 6.50. The molecule has 2 aliphatic rings. The van der Waals surface area contributed by atoms with E-state index < -0.39 is 0 Å². The van der Waals surface area contributed by atoms with E-state index in [1.807, 2.05) is 7.11 Å². The molecule has 0 radical (unpaired) electrons. The van der Waals surface area contributed by atoms with Crippen LogP contribution in [0.3, 0.4) is 0 Å². The third kappa shape index (κ3) is 3.19. The molecule has 2 rings (SSSR count). The van der Waals surface area contributed by atoms with Crippen LogP contribution < -0.4 is 0 Å². The van der Waals surface area contributed by atoms with Gasteiger partial charge in [-0.3, -0.25) is 0 Å². The van der Waals surface area contributed by atoms with E-state index in [1.165, 1.54) is 32.4 Å². The third-order valence-electron chi connectivity index (χ3n) is 3.80. The molecule has 0 aromatic heterocycles. The largest absolute Gasteiger partial charge is 0.380 e. The quantitative estimate of drug-likeness (QED) is 0.692. The number of hydrogen-bond acceptors (Lipinski definition) is 3. The molecule has 0 aromatic carbocycles. The molecule has 3 heteroatoms. The van der Waals surface area contributed by atoms with E-state index in [-0.39, 0.29) is 0 Å². The highest BCUT2D eigenvalue weighted by Gasteiger charge is 2.45. The maximum absolute atomic E-state index is 5.77. The summed E-state index contributed by atoms with van der Waals surface area (Å²) in [6.45, 7) is 8.69. The first kappa shape index (κ1) is 12.3. The fourth-order valence-electron chi connectivity index (χ4n) is 2.48. The van der Waals surface area contributed by atoms with E-state index in [0.717, 1.165) is 13.2 Å². The summed E-state index contributed by atoms with van der Waals surface area (Å²) in [5, 5.41) is 0. The van der Waals surface area contributed by atoms with Gasteiger partial charge in [-0.2, -0.15) is 0 Å². The maximum Gasteiger partial charge on any atom is 0.0710 e. The number of ether oxygens (including phenoxy) is 2. The van der Waals surface area contributed by atoms with Crippen molar-refractivity contribution in [2.45, 2.75) is 45.3 Å². The molecule has 0 aromatic rings. The summed E-state index contributed by atoms with van der Waals surface area (Å²) in [5.41, 5.74) is 0.479. The van der Waals surface area contributed by atoms with Crippen molar-refractivity contribution in [3.8, 4) is 0 Å². The molecule has 0 bridgehead atoms. The van der Waals surface area contributed by atoms with Gasteiger partial charge in [-0.1, -0.05) is 0 Å². The average molecular weight is 227 g/mol. The second-order valence-electron chi connectivity index (χ2n) is 5.74. The molecule has 1 heterocycles. The Kier molecular flexibility index (Phi) is 3.88. The van der Waals surface area contributed by atoms with Crippen molar-refractivity contribution in [2.75, 3.05) is 33.4 Å². The van der Waals surface area contributed by atoms with Gasteiger partial charge in [0, 0.05) is 32.2 Å². The van der Waals surface area contributed by atoms with Crippen molar-refractivity contribution in [3.05, 3.63) is 0 Å². The molecular formula is C13H25NO2. The van der Waals surface area contributed by atoms with Gasteiger partial charge in [-0.25, -0.2) is 0 Å². The highest BCUT2D eigenvalue weighted by Crippen LogP contribution is 2.47. The highest BCUT2D eigenvalue weighted by atomic mass is 16.5. The second kappa shape index (κ2) is 5.03. The lowest BCUT2D eigenvalue weighted by Gasteiger charge is -2.24. The zero-order valence-electron chi connectivity index (χ0n) is 10.9. The average Bonchev–Trinajstić information content (AvgIpc) is 2.86. The monoisotopic (exact) mass is 227 g/mol. The summed E-state index contributed by atoms with van der Waals surface area (Å²) in [6.07, 6.45) is 4.70. The molecule has 0 amide bonds. The van der Waals surface area contributed by atoms with Gasteiger partial charge in [0.2, 0.25) is 0 Å². The summed E-state index contributed by atoms with van der Waals surface area (Å²) in [5.74, 6) is 0. The summed E-state index contributed by atoms with van der Waals surface area (Å²) >= 11 is 0. The van der Waals surface area contributed by atoms with Crippen molar-refractivity contribution in [2.24, 2.45) is 5.41 Å². The van der Waals surface area contributed by atoms with E-state index in [0.29, 0.717) is 17.6 Å². The molecule has 1 aliphatic carbocycles. The summed E-state index contributed by atoms with van der Waals surface area (Å²) in [7, 11) is 1.82. The van der Waals surface area contributed by atoms with Crippen LogP contribution in [0.25, 0.3) is 0 Å². The Hall–Kier alpha value is -0.120. The Morgan fingerprint density at radius 3 is 2.62 bits per heavy atom. The summed E-state index contributed by atoms with van der Waals surface area (Å²) < 4.78 is 11.2. The molecular weight excluding hydrogens is 202 g/mol. The molecule has 94 valence electrons. The lowest BCUT2D eigenvalue weighted by Crippen LogP contribution is -2.32. The molecule has 16 heavy (non-hydrogen) atoms. The van der Waals surface area contributed by atoms with Crippen molar-refractivity contribution >= 4 is 0 Å². The highest BCUT2D eigenvalue weighted by molar-refractivity contribution is 4.97. The summed E-state index contributed by atoms with van der Waals surface area (Å²) in [4.78, 5) is 2.55. The Morgan fingerprint density at radius 2 is 2.12 bits per heavy atom. The fraction of sp³-hybridized carbons (Fsp3) is 1.00. The van der Waals surface area contributed by atoms with Gasteiger partial charge in [0.1, 0.15) is 0 Å². The van der Waals surface area contributed by atoms with E-state index in [1.54, 1.807) is 0 Å². The van der Waals surface area contributed by atoms with Gasteiger partial charge in [-0.05, 0) is 33.1 Å². The number of rotatable bonds is 6. The van der Waals surface area contributed by atoms with Crippen LogP contribution in [0.2, 0.25) is 0 Å². The molecule has 1 saturated carbocycles. The molecule has 0 unspecified atom stereocenters. The zero-order chi connectivity index (χ0) is 11.6. The van der Waals surface area contributed by atoms with Gasteiger partial charge in [-0.15, -0.1) is 0 Å². The van der Waals surface area contributed by atoms with Gasteiger partial charge in [0.15, 0.2) is 0 Å². The van der Waals surface area contributed by atoms with E-state index in [2.05, 4.69) is 18.7 Å². The molecule has 3 nitrogen and oxygen atoms in total. The van der Waals surface area contributed by atoms with E-state index >= 15 is 0 Å². The lowest BCUT2D eigenvalue weighted by molar-refractivity contribution is 0.0310. The molecule has 0 N–H and O–H groups in total. The van der Waals surface area contributed by atoms with Crippen LogP contribution >= 0.6 is 0 Å². The minimum atomic E-state index is 0.364. The Bertz CT molecular complexity index is 226. The maximum atomic E-state index is 5.77. The predicted molar refractivity (Wildman–Crippen MR) is 64.6 cm³/mol. The van der Waals surface area contributed by atoms with Gasteiger partial charge in [0.05, 0.1) is 18.8 Å². The molecule has 1 aliphatic heterocycles. The predicted octanol–water partition coefficient (Wildman–Crippen LogP) is 1.91. The number of likely N-dealkylation sites (tertiary alicyclic amines) is 1. The molecule has 2 fully saturated rings. The zero-order valence-corrected chi connectivity index (χ0v) is 10.9. The molecule has 0 spiro atoms. The molecule has 1 atom stereocenters. The van der Waals surface area contributed by atoms with E-state index in [4.69, 9.17) is 9.47 Å². The van der Waals surface area contributed by atoms with Crippen molar-refractivity contribution < 1.29 is 9.47 Å². The normalized spacial score (nSPS) is 28.9. The lowest BCUT2D eigenvalue weighted by atomic mass is 10.1. The van der Waals surface area contributed by atoms with Crippen molar-refractivity contribution in [1.29, 1.82) is 0 Å². The van der Waals surface area contributed by atoms with E-state index in [9.17, 15) is 0 Å². The Balaban J connectivity index is 1.72. The van der Waals surface area contributed by atoms with Crippen LogP contribution in [0.1, 0.15) is 33.1 Å². The molecule has 1 saturated heterocycles. The topological polar surface area (TPSA) is 21.7 Å². The van der Waals surface area contributed by atoms with Crippen molar-refractivity contribution in [3.63, 3.8) is 0 Å². The minimum absolute atomic E-state index is 0.364. The van der Waals surface area contributed by atoms with Crippen molar-refractivity contribution in [1.82, 2.24) is 4.90 Å². The van der Waals surface area contributed by atoms with Crippen LogP contribution in [0.5, 0.6) is 0 Å². The van der Waals surface area contributed by atoms with Crippen LogP contribution in [-0.2, 0) is 9.47 Å². The Labute approximate surface area is 99.1 Å².